The number of carbonyl (C=O) groups excluding carboxylic acids is 1. The van der Waals surface area contributed by atoms with Gasteiger partial charge in [-0.3, -0.25) is 4.79 Å². The van der Waals surface area contributed by atoms with Crippen LogP contribution in [0.1, 0.15) is 19.4 Å². The summed E-state index contributed by atoms with van der Waals surface area (Å²) in [5.41, 5.74) is 2.75. The number of hydrogen-bond donors (Lipinski definition) is 1. The molecule has 2 aromatic rings. The Hall–Kier alpha value is -2.26. The third kappa shape index (κ3) is 4.86. The van der Waals surface area contributed by atoms with Crippen LogP contribution in [-0.2, 0) is 4.79 Å². The Kier molecular flexibility index (Phi) is 6.24. The van der Waals surface area contributed by atoms with Gasteiger partial charge in [0.15, 0.2) is 0 Å². The minimum Gasteiger partial charge on any atom is -0.372 e. The lowest BCUT2D eigenvalue weighted by molar-refractivity contribution is -0.111. The third-order valence-corrected chi connectivity index (χ3v) is 3.93. The summed E-state index contributed by atoms with van der Waals surface area (Å²) in [7, 11) is 0. The van der Waals surface area contributed by atoms with Crippen LogP contribution in [0.25, 0.3) is 6.08 Å². The maximum Gasteiger partial charge on any atom is 0.248 e. The van der Waals surface area contributed by atoms with Gasteiger partial charge in [0.25, 0.3) is 0 Å². The lowest BCUT2D eigenvalue weighted by Crippen LogP contribution is -2.21. The molecule has 23 heavy (non-hydrogen) atoms. The van der Waals surface area contributed by atoms with E-state index < -0.39 is 0 Å². The Morgan fingerprint density at radius 1 is 1.09 bits per heavy atom. The molecule has 0 unspecified atom stereocenters. The predicted octanol–water partition coefficient (Wildman–Crippen LogP) is 4.84. The van der Waals surface area contributed by atoms with Crippen molar-refractivity contribution in [3.05, 3.63) is 65.2 Å². The third-order valence-electron chi connectivity index (χ3n) is 3.58. The molecule has 1 N–H and O–H groups in total. The van der Waals surface area contributed by atoms with Crippen LogP contribution in [0.15, 0.2) is 54.6 Å². The maximum absolute atomic E-state index is 12.0. The molecule has 0 spiro atoms. The number of halogens is 1. The van der Waals surface area contributed by atoms with E-state index in [2.05, 4.69) is 24.1 Å². The smallest absolute Gasteiger partial charge is 0.248 e. The van der Waals surface area contributed by atoms with Gasteiger partial charge < -0.3 is 10.2 Å². The minimum absolute atomic E-state index is 0.180. The molecule has 0 atom stereocenters. The Morgan fingerprint density at radius 2 is 1.74 bits per heavy atom. The largest absolute Gasteiger partial charge is 0.372 e. The highest BCUT2D eigenvalue weighted by atomic mass is 35.5. The number of nitrogens with zero attached hydrogens (tertiary/aromatic N) is 1. The molecule has 0 saturated carbocycles. The first-order chi connectivity index (χ1) is 11.1. The number of rotatable bonds is 6. The van der Waals surface area contributed by atoms with Crippen molar-refractivity contribution < 1.29 is 4.79 Å². The summed E-state index contributed by atoms with van der Waals surface area (Å²) in [6.45, 7) is 6.17. The van der Waals surface area contributed by atoms with Crippen molar-refractivity contribution >= 4 is 35.0 Å². The van der Waals surface area contributed by atoms with Crippen molar-refractivity contribution in [2.24, 2.45) is 0 Å². The molecule has 0 saturated heterocycles. The van der Waals surface area contributed by atoms with E-state index in [9.17, 15) is 4.79 Å². The molecular weight excluding hydrogens is 308 g/mol. The fourth-order valence-electron chi connectivity index (χ4n) is 2.30. The molecule has 0 fully saturated rings. The minimum atomic E-state index is -0.180. The summed E-state index contributed by atoms with van der Waals surface area (Å²) >= 11 is 6.05. The molecule has 2 rings (SSSR count). The van der Waals surface area contributed by atoms with E-state index in [0.29, 0.717) is 5.02 Å². The zero-order chi connectivity index (χ0) is 16.7. The van der Waals surface area contributed by atoms with Crippen LogP contribution in [0, 0.1) is 0 Å². The summed E-state index contributed by atoms with van der Waals surface area (Å²) in [5.74, 6) is -0.180. The van der Waals surface area contributed by atoms with Crippen molar-refractivity contribution in [3.8, 4) is 0 Å². The summed E-state index contributed by atoms with van der Waals surface area (Å²) in [6, 6.07) is 15.3. The molecule has 0 heterocycles. The van der Waals surface area contributed by atoms with E-state index >= 15 is 0 Å². The molecular formula is C19H21ClN2O. The second-order valence-electron chi connectivity index (χ2n) is 5.06. The van der Waals surface area contributed by atoms with Gasteiger partial charge in [-0.15, -0.1) is 0 Å². The Morgan fingerprint density at radius 3 is 2.35 bits per heavy atom. The molecule has 120 valence electrons. The van der Waals surface area contributed by atoms with E-state index in [0.717, 1.165) is 30.0 Å². The number of benzene rings is 2. The SMILES string of the molecule is CCN(CC)c1ccc(NC(=O)/C=C/c2ccccc2Cl)cc1. The molecule has 0 radical (unpaired) electrons. The fourth-order valence-corrected chi connectivity index (χ4v) is 2.50. The Balaban J connectivity index is 1.99. The highest BCUT2D eigenvalue weighted by Crippen LogP contribution is 2.18. The number of anilines is 2. The molecule has 2 aromatic carbocycles. The molecule has 0 bridgehead atoms. The number of carbonyl (C=O) groups is 1. The average Bonchev–Trinajstić information content (AvgIpc) is 2.57. The van der Waals surface area contributed by atoms with E-state index in [4.69, 9.17) is 11.6 Å². The highest BCUT2D eigenvalue weighted by Gasteiger charge is 2.03. The molecule has 3 nitrogen and oxygen atoms in total. The summed E-state index contributed by atoms with van der Waals surface area (Å²) in [6.07, 6.45) is 3.20. The van der Waals surface area contributed by atoms with Gasteiger partial charge >= 0.3 is 0 Å². The number of hydrogen-bond acceptors (Lipinski definition) is 2. The zero-order valence-electron chi connectivity index (χ0n) is 13.4. The van der Waals surface area contributed by atoms with Gasteiger partial charge in [0.05, 0.1) is 0 Å². The Bertz CT molecular complexity index is 676. The van der Waals surface area contributed by atoms with Crippen LogP contribution < -0.4 is 10.2 Å². The van der Waals surface area contributed by atoms with E-state index in [1.165, 1.54) is 6.08 Å². The fraction of sp³-hybridized carbons (Fsp3) is 0.211. The van der Waals surface area contributed by atoms with Crippen LogP contribution in [0.4, 0.5) is 11.4 Å². The lowest BCUT2D eigenvalue weighted by Gasteiger charge is -2.21. The number of amides is 1. The van der Waals surface area contributed by atoms with Crippen LogP contribution in [0.3, 0.4) is 0 Å². The summed E-state index contributed by atoms with van der Waals surface area (Å²) < 4.78 is 0. The van der Waals surface area contributed by atoms with Crippen molar-refractivity contribution in [3.63, 3.8) is 0 Å². The quantitative estimate of drug-likeness (QED) is 0.770. The second kappa shape index (κ2) is 8.39. The van der Waals surface area contributed by atoms with Crippen molar-refractivity contribution in [1.29, 1.82) is 0 Å². The van der Waals surface area contributed by atoms with Crippen LogP contribution >= 0.6 is 11.6 Å². The summed E-state index contributed by atoms with van der Waals surface area (Å²) in [4.78, 5) is 14.2. The first-order valence-electron chi connectivity index (χ1n) is 7.72. The van der Waals surface area contributed by atoms with Gasteiger partial charge in [0.1, 0.15) is 0 Å². The molecule has 4 heteroatoms. The molecule has 0 aliphatic rings. The van der Waals surface area contributed by atoms with Gasteiger partial charge in [0.2, 0.25) is 5.91 Å². The lowest BCUT2D eigenvalue weighted by atomic mass is 10.2. The van der Waals surface area contributed by atoms with Crippen LogP contribution in [-0.4, -0.2) is 19.0 Å². The molecule has 0 aliphatic heterocycles. The first kappa shape index (κ1) is 17.1. The van der Waals surface area contributed by atoms with Gasteiger partial charge in [-0.25, -0.2) is 0 Å². The van der Waals surface area contributed by atoms with E-state index in [1.54, 1.807) is 12.1 Å². The van der Waals surface area contributed by atoms with Gasteiger partial charge in [-0.1, -0.05) is 29.8 Å². The van der Waals surface area contributed by atoms with Crippen molar-refractivity contribution in [2.75, 3.05) is 23.3 Å². The van der Waals surface area contributed by atoms with Gasteiger partial charge in [-0.2, -0.15) is 0 Å². The van der Waals surface area contributed by atoms with E-state index in [1.807, 2.05) is 42.5 Å². The monoisotopic (exact) mass is 328 g/mol. The van der Waals surface area contributed by atoms with Gasteiger partial charge in [-0.05, 0) is 55.8 Å². The molecule has 0 aliphatic carbocycles. The molecule has 0 aromatic heterocycles. The van der Waals surface area contributed by atoms with Crippen LogP contribution in [0.5, 0.6) is 0 Å². The average molecular weight is 329 g/mol. The normalized spacial score (nSPS) is 10.7. The first-order valence-corrected chi connectivity index (χ1v) is 8.10. The standard InChI is InChI=1S/C19H21ClN2O/c1-3-22(4-2)17-12-10-16(11-13-17)21-19(23)14-9-15-7-5-6-8-18(15)20/h5-14H,3-4H2,1-2H3,(H,21,23)/b14-9+. The topological polar surface area (TPSA) is 32.3 Å². The van der Waals surface area contributed by atoms with Gasteiger partial charge in [0, 0.05) is 35.6 Å². The number of nitrogens with one attached hydrogen (secondary N) is 1. The zero-order valence-corrected chi connectivity index (χ0v) is 14.2. The Labute approximate surface area is 142 Å². The van der Waals surface area contributed by atoms with Crippen LogP contribution in [0.2, 0.25) is 5.02 Å². The molecule has 1 amide bonds. The highest BCUT2D eigenvalue weighted by molar-refractivity contribution is 6.32. The predicted molar refractivity (Wildman–Crippen MR) is 99.1 cm³/mol. The second-order valence-corrected chi connectivity index (χ2v) is 5.47. The maximum atomic E-state index is 12.0. The summed E-state index contributed by atoms with van der Waals surface area (Å²) in [5, 5.41) is 3.47. The van der Waals surface area contributed by atoms with Crippen molar-refractivity contribution in [1.82, 2.24) is 0 Å². The van der Waals surface area contributed by atoms with Crippen molar-refractivity contribution in [2.45, 2.75) is 13.8 Å². The van der Waals surface area contributed by atoms with E-state index in [-0.39, 0.29) is 5.91 Å².